The van der Waals surface area contributed by atoms with Crippen LogP contribution in [0.4, 0.5) is 0 Å². The van der Waals surface area contributed by atoms with Crippen LogP contribution in [-0.4, -0.2) is 27.4 Å². The lowest BCUT2D eigenvalue weighted by molar-refractivity contribution is -0.117. The second-order valence-corrected chi connectivity index (χ2v) is 4.89. The summed E-state index contributed by atoms with van der Waals surface area (Å²) in [6, 6.07) is 9.60. The van der Waals surface area contributed by atoms with Gasteiger partial charge in [0.25, 0.3) is 0 Å². The Morgan fingerprint density at radius 2 is 2.12 bits per heavy atom. The van der Waals surface area contributed by atoms with Crippen LogP contribution >= 0.6 is 11.8 Å². The van der Waals surface area contributed by atoms with Crippen LogP contribution in [-0.2, 0) is 4.79 Å². The highest BCUT2D eigenvalue weighted by molar-refractivity contribution is 8.00. The molecule has 1 unspecified atom stereocenters. The van der Waals surface area contributed by atoms with Gasteiger partial charge in [0.1, 0.15) is 5.92 Å². The van der Waals surface area contributed by atoms with Crippen molar-refractivity contribution in [2.24, 2.45) is 0 Å². The fraction of sp³-hybridized carbons (Fsp3) is 0.250. The van der Waals surface area contributed by atoms with Gasteiger partial charge in [-0.05, 0) is 0 Å². The quantitative estimate of drug-likeness (QED) is 0.812. The SMILES string of the molecule is O=C1CSCC1c1nc(-c2ccccc2)no1. The number of aromatic nitrogens is 2. The van der Waals surface area contributed by atoms with Gasteiger partial charge in [-0.15, -0.1) is 0 Å². The van der Waals surface area contributed by atoms with Crippen LogP contribution in [0.3, 0.4) is 0 Å². The molecular weight excluding hydrogens is 236 g/mol. The van der Waals surface area contributed by atoms with E-state index in [0.29, 0.717) is 17.5 Å². The Bertz CT molecular complexity index is 538. The molecule has 0 bridgehead atoms. The van der Waals surface area contributed by atoms with Crippen molar-refractivity contribution in [1.82, 2.24) is 10.1 Å². The molecule has 1 aromatic carbocycles. The first-order valence-corrected chi connectivity index (χ1v) is 6.49. The van der Waals surface area contributed by atoms with E-state index in [1.54, 1.807) is 11.8 Å². The minimum atomic E-state index is -0.218. The van der Waals surface area contributed by atoms with Crippen molar-refractivity contribution in [2.75, 3.05) is 11.5 Å². The van der Waals surface area contributed by atoms with Gasteiger partial charge >= 0.3 is 0 Å². The fourth-order valence-corrected chi connectivity index (χ4v) is 2.85. The number of rotatable bonds is 2. The average Bonchev–Trinajstić information content (AvgIpc) is 2.98. The Labute approximate surface area is 102 Å². The molecule has 1 saturated heterocycles. The smallest absolute Gasteiger partial charge is 0.238 e. The molecule has 1 aliphatic heterocycles. The monoisotopic (exact) mass is 246 g/mol. The largest absolute Gasteiger partial charge is 0.338 e. The molecule has 5 heteroatoms. The maximum Gasteiger partial charge on any atom is 0.238 e. The van der Waals surface area contributed by atoms with Gasteiger partial charge in [0.2, 0.25) is 11.7 Å². The first kappa shape index (κ1) is 10.5. The second-order valence-electron chi connectivity index (χ2n) is 3.86. The maximum absolute atomic E-state index is 11.6. The first-order valence-electron chi connectivity index (χ1n) is 5.34. The van der Waals surface area contributed by atoms with Crippen molar-refractivity contribution in [1.29, 1.82) is 0 Å². The lowest BCUT2D eigenvalue weighted by atomic mass is 10.1. The highest BCUT2D eigenvalue weighted by Crippen LogP contribution is 2.29. The summed E-state index contributed by atoms with van der Waals surface area (Å²) < 4.78 is 5.18. The van der Waals surface area contributed by atoms with E-state index in [2.05, 4.69) is 10.1 Å². The predicted molar refractivity (Wildman–Crippen MR) is 64.8 cm³/mol. The molecule has 0 saturated carbocycles. The molecule has 86 valence electrons. The van der Waals surface area contributed by atoms with Crippen molar-refractivity contribution >= 4 is 17.5 Å². The fourth-order valence-electron chi connectivity index (χ4n) is 1.76. The van der Waals surface area contributed by atoms with Gasteiger partial charge in [0, 0.05) is 11.3 Å². The number of thioether (sulfide) groups is 1. The molecule has 2 heterocycles. The van der Waals surface area contributed by atoms with Crippen LogP contribution in [0.15, 0.2) is 34.9 Å². The summed E-state index contributed by atoms with van der Waals surface area (Å²) in [7, 11) is 0. The summed E-state index contributed by atoms with van der Waals surface area (Å²) in [5.41, 5.74) is 0.903. The zero-order valence-electron chi connectivity index (χ0n) is 9.00. The highest BCUT2D eigenvalue weighted by atomic mass is 32.2. The van der Waals surface area contributed by atoms with E-state index in [1.165, 1.54) is 0 Å². The van der Waals surface area contributed by atoms with Gasteiger partial charge < -0.3 is 4.52 Å². The van der Waals surface area contributed by atoms with E-state index in [9.17, 15) is 4.79 Å². The van der Waals surface area contributed by atoms with E-state index in [-0.39, 0.29) is 11.7 Å². The third kappa shape index (κ3) is 1.98. The highest BCUT2D eigenvalue weighted by Gasteiger charge is 2.31. The number of Topliss-reactive ketones (excluding diaryl/α,β-unsaturated/α-hetero) is 1. The number of hydrogen-bond donors (Lipinski definition) is 0. The van der Waals surface area contributed by atoms with E-state index in [4.69, 9.17) is 4.52 Å². The zero-order chi connectivity index (χ0) is 11.7. The van der Waals surface area contributed by atoms with Crippen LogP contribution in [0.25, 0.3) is 11.4 Å². The van der Waals surface area contributed by atoms with Gasteiger partial charge in [-0.3, -0.25) is 4.79 Å². The number of benzene rings is 1. The van der Waals surface area contributed by atoms with Gasteiger partial charge in [0.05, 0.1) is 5.75 Å². The number of nitrogens with zero attached hydrogens (tertiary/aromatic N) is 2. The normalized spacial score (nSPS) is 19.8. The topological polar surface area (TPSA) is 56.0 Å². The molecule has 0 spiro atoms. The number of hydrogen-bond acceptors (Lipinski definition) is 5. The molecule has 1 atom stereocenters. The van der Waals surface area contributed by atoms with Crippen molar-refractivity contribution in [3.8, 4) is 11.4 Å². The summed E-state index contributed by atoms with van der Waals surface area (Å²) in [5.74, 6) is 2.25. The first-order chi connectivity index (χ1) is 8.34. The van der Waals surface area contributed by atoms with E-state index < -0.39 is 0 Å². The van der Waals surface area contributed by atoms with Crippen LogP contribution in [0.2, 0.25) is 0 Å². The van der Waals surface area contributed by atoms with E-state index >= 15 is 0 Å². The van der Waals surface area contributed by atoms with Gasteiger partial charge in [-0.25, -0.2) is 0 Å². The third-order valence-corrected chi connectivity index (χ3v) is 3.75. The minimum absolute atomic E-state index is 0.179. The lowest BCUT2D eigenvalue weighted by Crippen LogP contribution is -2.09. The molecule has 2 aromatic rings. The molecule has 0 aliphatic carbocycles. The van der Waals surface area contributed by atoms with Crippen LogP contribution in [0.5, 0.6) is 0 Å². The number of carbonyl (C=O) groups is 1. The predicted octanol–water partition coefficient (Wildman–Crippen LogP) is 2.14. The number of ketones is 1. The van der Waals surface area contributed by atoms with Gasteiger partial charge in [-0.2, -0.15) is 16.7 Å². The lowest BCUT2D eigenvalue weighted by Gasteiger charge is -1.97. The molecule has 1 aliphatic rings. The molecule has 0 amide bonds. The summed E-state index contributed by atoms with van der Waals surface area (Å²) in [6.45, 7) is 0. The third-order valence-electron chi connectivity index (χ3n) is 2.69. The Morgan fingerprint density at radius 1 is 1.29 bits per heavy atom. The molecule has 0 radical (unpaired) electrons. The molecular formula is C12H10N2O2S. The minimum Gasteiger partial charge on any atom is -0.338 e. The van der Waals surface area contributed by atoms with Crippen LogP contribution in [0.1, 0.15) is 11.8 Å². The van der Waals surface area contributed by atoms with Gasteiger partial charge in [-0.1, -0.05) is 35.5 Å². The molecule has 3 rings (SSSR count). The van der Waals surface area contributed by atoms with Crippen molar-refractivity contribution in [2.45, 2.75) is 5.92 Å². The standard InChI is InChI=1S/C12H10N2O2S/c15-10-7-17-6-9(10)12-13-11(14-16-12)8-4-2-1-3-5-8/h1-5,9H,6-7H2. The number of carbonyl (C=O) groups excluding carboxylic acids is 1. The molecule has 1 fully saturated rings. The zero-order valence-corrected chi connectivity index (χ0v) is 9.81. The van der Waals surface area contributed by atoms with Crippen molar-refractivity contribution in [3.63, 3.8) is 0 Å². The summed E-state index contributed by atoms with van der Waals surface area (Å²) >= 11 is 1.61. The average molecular weight is 246 g/mol. The Morgan fingerprint density at radius 3 is 2.82 bits per heavy atom. The van der Waals surface area contributed by atoms with E-state index in [1.807, 2.05) is 30.3 Å². The molecule has 0 N–H and O–H groups in total. The second kappa shape index (κ2) is 4.33. The Kier molecular flexibility index (Phi) is 2.68. The Hall–Kier alpha value is -1.62. The molecule has 4 nitrogen and oxygen atoms in total. The van der Waals surface area contributed by atoms with Crippen molar-refractivity contribution in [3.05, 3.63) is 36.2 Å². The van der Waals surface area contributed by atoms with E-state index in [0.717, 1.165) is 11.3 Å². The summed E-state index contributed by atoms with van der Waals surface area (Å²) in [4.78, 5) is 15.9. The Balaban J connectivity index is 1.91. The molecule has 17 heavy (non-hydrogen) atoms. The van der Waals surface area contributed by atoms with Gasteiger partial charge in [0.15, 0.2) is 5.78 Å². The molecule has 1 aromatic heterocycles. The van der Waals surface area contributed by atoms with Crippen LogP contribution in [0, 0.1) is 0 Å². The van der Waals surface area contributed by atoms with Crippen molar-refractivity contribution < 1.29 is 9.32 Å². The maximum atomic E-state index is 11.6. The summed E-state index contributed by atoms with van der Waals surface area (Å²) in [6.07, 6.45) is 0. The van der Waals surface area contributed by atoms with Crippen LogP contribution < -0.4 is 0 Å². The summed E-state index contributed by atoms with van der Waals surface area (Å²) in [5, 5.41) is 3.92.